The van der Waals surface area contributed by atoms with Crippen molar-refractivity contribution in [2.75, 3.05) is 38.6 Å². The number of allylic oxidation sites excluding steroid dienone is 2. The number of amides is 4. The molecule has 352 valence electrons. The highest BCUT2D eigenvalue weighted by molar-refractivity contribution is 7.87. The number of hydrogen-bond acceptors (Lipinski definition) is 12. The topological polar surface area (TPSA) is 225 Å². The number of carbonyl (C=O) groups excluding carboxylic acids is 3. The molecule has 20 heteroatoms. The van der Waals surface area contributed by atoms with Crippen molar-refractivity contribution >= 4 is 61.4 Å². The van der Waals surface area contributed by atoms with E-state index in [0.717, 1.165) is 18.0 Å². The van der Waals surface area contributed by atoms with Crippen molar-refractivity contribution in [2.24, 2.45) is 5.92 Å². The van der Waals surface area contributed by atoms with Crippen LogP contribution >= 0.6 is 11.3 Å². The van der Waals surface area contributed by atoms with Gasteiger partial charge in [0.2, 0.25) is 11.8 Å². The zero-order chi connectivity index (χ0) is 46.8. The Morgan fingerprint density at radius 3 is 2.54 bits per heavy atom. The summed E-state index contributed by atoms with van der Waals surface area (Å²) in [6, 6.07) is 4.21. The van der Waals surface area contributed by atoms with E-state index in [1.165, 1.54) is 24.8 Å². The second-order valence-corrected chi connectivity index (χ2v) is 20.8. The van der Waals surface area contributed by atoms with E-state index in [1.54, 1.807) is 39.2 Å². The molecule has 0 radical (unpaired) electrons. The number of anilines is 1. The number of thiazole rings is 1. The summed E-state index contributed by atoms with van der Waals surface area (Å²) < 4.78 is 41.6. The molecule has 2 saturated heterocycles. The second-order valence-electron chi connectivity index (χ2n) is 18.0. The molecule has 1 saturated carbocycles. The van der Waals surface area contributed by atoms with Gasteiger partial charge in [0, 0.05) is 66.1 Å². The van der Waals surface area contributed by atoms with Gasteiger partial charge >= 0.3 is 12.0 Å². The van der Waals surface area contributed by atoms with Crippen molar-refractivity contribution in [3.05, 3.63) is 53.1 Å². The maximum absolute atomic E-state index is 14.9. The van der Waals surface area contributed by atoms with Crippen LogP contribution in [0.1, 0.15) is 86.5 Å². The Labute approximate surface area is 384 Å². The van der Waals surface area contributed by atoms with Crippen molar-refractivity contribution in [1.29, 1.82) is 0 Å². The number of carboxylic acid groups (broad SMARTS) is 1. The van der Waals surface area contributed by atoms with Crippen LogP contribution in [0, 0.1) is 5.92 Å². The van der Waals surface area contributed by atoms with Crippen LogP contribution in [-0.4, -0.2) is 130 Å². The van der Waals surface area contributed by atoms with Crippen LogP contribution in [0.25, 0.3) is 22.3 Å². The summed E-state index contributed by atoms with van der Waals surface area (Å²) >= 11 is 1.45. The molecule has 5 atom stereocenters. The zero-order valence-corrected chi connectivity index (χ0v) is 39.7. The van der Waals surface area contributed by atoms with Gasteiger partial charge in [0.1, 0.15) is 40.9 Å². The number of ether oxygens (including phenoxy) is 2. The summed E-state index contributed by atoms with van der Waals surface area (Å²) in [5.41, 5.74) is 1.29. The maximum atomic E-state index is 14.9. The van der Waals surface area contributed by atoms with Crippen molar-refractivity contribution in [1.82, 2.24) is 39.4 Å². The minimum atomic E-state index is -3.75. The van der Waals surface area contributed by atoms with Crippen LogP contribution in [0.5, 0.6) is 11.5 Å². The van der Waals surface area contributed by atoms with Gasteiger partial charge in [-0.1, -0.05) is 30.6 Å². The van der Waals surface area contributed by atoms with Crippen molar-refractivity contribution in [3.63, 3.8) is 0 Å². The van der Waals surface area contributed by atoms with Crippen LogP contribution in [0.4, 0.5) is 9.93 Å². The average Bonchev–Trinajstić information content (AvgIpc) is 3.50. The van der Waals surface area contributed by atoms with Crippen LogP contribution < -0.4 is 30.7 Å². The number of pyridine rings is 1. The smallest absolute Gasteiger partial charge is 0.330 e. The monoisotopic (exact) mass is 935 g/mol. The Morgan fingerprint density at radius 2 is 1.85 bits per heavy atom. The fraction of sp³-hybridized carbons (Fsp3) is 0.556. The number of rotatable bonds is 12. The van der Waals surface area contributed by atoms with Crippen LogP contribution in [-0.2, 0) is 24.6 Å². The quantitative estimate of drug-likeness (QED) is 0.147. The van der Waals surface area contributed by atoms with E-state index in [2.05, 4.69) is 21.3 Å². The zero-order valence-electron chi connectivity index (χ0n) is 38.0. The lowest BCUT2D eigenvalue weighted by Gasteiger charge is -2.30. The summed E-state index contributed by atoms with van der Waals surface area (Å²) in [5.74, 6) is -1.69. The lowest BCUT2D eigenvalue weighted by molar-refractivity contribution is -0.145. The first-order valence-electron chi connectivity index (χ1n) is 22.3. The van der Waals surface area contributed by atoms with Crippen LogP contribution in [0.15, 0.2) is 53.1 Å². The van der Waals surface area contributed by atoms with E-state index in [4.69, 9.17) is 19.4 Å². The molecule has 1 aromatic carbocycles. The highest BCUT2D eigenvalue weighted by Crippen LogP contribution is 2.45. The van der Waals surface area contributed by atoms with E-state index < -0.39 is 63.7 Å². The number of urea groups is 1. The Morgan fingerprint density at radius 1 is 1.06 bits per heavy atom. The van der Waals surface area contributed by atoms with Crippen LogP contribution in [0.3, 0.4) is 0 Å². The normalized spacial score (nSPS) is 25.5. The lowest BCUT2D eigenvalue weighted by atomic mass is 10.0. The lowest BCUT2D eigenvalue weighted by Crippen LogP contribution is -2.57. The molecule has 5 N–H and O–H groups in total. The number of hydrogen-bond donors (Lipinski definition) is 5. The first-order chi connectivity index (χ1) is 30.9. The highest BCUT2D eigenvalue weighted by atomic mass is 32.2. The Balaban J connectivity index is 1.18. The van der Waals surface area contributed by atoms with Crippen molar-refractivity contribution < 1.29 is 42.2 Å². The van der Waals surface area contributed by atoms with Gasteiger partial charge in [-0.15, -0.1) is 11.3 Å². The number of aliphatic carboxylic acids is 1. The molecule has 3 fully saturated rings. The molecule has 1 aliphatic carbocycles. The van der Waals surface area contributed by atoms with Gasteiger partial charge in [-0.05, 0) is 79.4 Å². The standard InChI is InChI=1S/C45H61N9O9S2/c1-26(2)36(24-52-17-18-54(28(5)6)65(52,60)61)49-43(59)48-33-14-12-10-8-9-11-13-29-22-45(29,42(57)58)51-40(55)38-20-31(23-53(38)41(33)56)63-39-21-35(37-25-64-44(50-37)46-27(3)4)47-34-19-30(62-7)15-16-32(34)39/h11,13,15-16,19,21,25,27-29,31,33,38H,8-10,12,14,17-18,20,22-24H2,1-7H3,(H,46,50)(H,51,55)(H,57,58)(H2,48,49,59)/b13-11-/t29?,31-,33+,38+,45-/m1/s1. The number of aromatic nitrogens is 2. The molecule has 5 heterocycles. The SMILES string of the molecule is COc1ccc2c(O[C@@H]3C[C@H]4C(=O)N[C@]5(C(=O)O)CC5/C=C\CCCCC[C@H](NC(=O)NC(CN5CCN(C(C)C)S5(=O)=O)=C(C)C)C(=O)N4C3)cc(-c3csc(NC(C)C)n3)nc2c1. The van der Waals surface area contributed by atoms with E-state index in [-0.39, 0.29) is 51.0 Å². The molecule has 0 spiro atoms. The first kappa shape index (κ1) is 47.6. The van der Waals surface area contributed by atoms with E-state index in [9.17, 15) is 32.7 Å². The minimum Gasteiger partial charge on any atom is -0.497 e. The maximum Gasteiger partial charge on any atom is 0.330 e. The van der Waals surface area contributed by atoms with Gasteiger partial charge in [-0.25, -0.2) is 19.6 Å². The van der Waals surface area contributed by atoms with Gasteiger partial charge < -0.3 is 40.7 Å². The summed E-state index contributed by atoms with van der Waals surface area (Å²) in [6.45, 7) is 11.7. The number of nitrogens with one attached hydrogen (secondary N) is 4. The summed E-state index contributed by atoms with van der Waals surface area (Å²) in [7, 11) is -2.19. The Hall–Kier alpha value is -5.31. The van der Waals surface area contributed by atoms with Gasteiger partial charge in [0.25, 0.3) is 10.2 Å². The molecule has 1 unspecified atom stereocenters. The number of carboxylic acids is 1. The molecule has 65 heavy (non-hydrogen) atoms. The van der Waals surface area contributed by atoms with E-state index >= 15 is 0 Å². The highest BCUT2D eigenvalue weighted by Gasteiger charge is 2.61. The van der Waals surface area contributed by atoms with Crippen LogP contribution in [0.2, 0.25) is 0 Å². The Kier molecular flexibility index (Phi) is 14.4. The molecule has 2 aromatic heterocycles. The predicted octanol–water partition coefficient (Wildman–Crippen LogP) is 5.25. The molecule has 7 rings (SSSR count). The number of fused-ring (bicyclic) bond motifs is 3. The third kappa shape index (κ3) is 10.6. The molecule has 18 nitrogen and oxygen atoms in total. The number of benzene rings is 1. The minimum absolute atomic E-state index is 0.0285. The molecule has 4 aliphatic rings. The molecule has 3 aromatic rings. The van der Waals surface area contributed by atoms with Crippen molar-refractivity contribution in [3.8, 4) is 22.9 Å². The molecule has 0 bridgehead atoms. The second kappa shape index (κ2) is 19.7. The van der Waals surface area contributed by atoms with Gasteiger partial charge in [0.15, 0.2) is 5.13 Å². The predicted molar refractivity (Wildman–Crippen MR) is 248 cm³/mol. The number of methoxy groups -OCH3 is 1. The van der Waals surface area contributed by atoms with Gasteiger partial charge in [-0.3, -0.25) is 9.59 Å². The molecule has 4 amide bonds. The third-order valence-corrected chi connectivity index (χ3v) is 15.3. The van der Waals surface area contributed by atoms with Gasteiger partial charge in [-0.2, -0.15) is 17.0 Å². The number of nitrogens with zero attached hydrogens (tertiary/aromatic N) is 5. The largest absolute Gasteiger partial charge is 0.497 e. The average molecular weight is 936 g/mol. The summed E-state index contributed by atoms with van der Waals surface area (Å²) in [5, 5.41) is 25.5. The fourth-order valence-electron chi connectivity index (χ4n) is 8.67. The molecule has 3 aliphatic heterocycles. The van der Waals surface area contributed by atoms with Gasteiger partial charge in [0.05, 0.1) is 31.4 Å². The molecular formula is C45H61N9O9S2. The Bertz CT molecular complexity index is 2470. The van der Waals surface area contributed by atoms with E-state index in [0.29, 0.717) is 64.4 Å². The van der Waals surface area contributed by atoms with E-state index in [1.807, 2.05) is 51.3 Å². The van der Waals surface area contributed by atoms with Crippen molar-refractivity contribution in [2.45, 2.75) is 122 Å². The third-order valence-electron chi connectivity index (χ3n) is 12.3. The molecular weight excluding hydrogens is 875 g/mol. The number of carbonyl (C=O) groups is 4. The summed E-state index contributed by atoms with van der Waals surface area (Å²) in [6.07, 6.45) is 6.33. The fourth-order valence-corrected chi connectivity index (χ4v) is 11.3. The summed E-state index contributed by atoms with van der Waals surface area (Å²) in [4.78, 5) is 67.0. The first-order valence-corrected chi connectivity index (χ1v) is 24.6.